The van der Waals surface area contributed by atoms with Gasteiger partial charge in [0.05, 0.1) is 19.1 Å². The lowest BCUT2D eigenvalue weighted by molar-refractivity contribution is -0.166. The molecule has 0 aliphatic carbocycles. The average molecular weight is 337 g/mol. The number of nitrogens with one attached hydrogen (secondary N) is 1. The van der Waals surface area contributed by atoms with E-state index in [9.17, 15) is 14.4 Å². The van der Waals surface area contributed by atoms with E-state index < -0.39 is 29.0 Å². The van der Waals surface area contributed by atoms with Crippen molar-refractivity contribution >= 4 is 17.9 Å². The lowest BCUT2D eigenvalue weighted by Gasteiger charge is -2.28. The molecule has 1 atom stereocenters. The van der Waals surface area contributed by atoms with Crippen LogP contribution in [0, 0.1) is 0 Å². The molecule has 7 heteroatoms. The van der Waals surface area contributed by atoms with E-state index in [0.717, 1.165) is 0 Å². The molecule has 0 saturated carbocycles. The largest absolute Gasteiger partial charge is 0.468 e. The number of rotatable bonds is 6. The molecule has 1 aromatic rings. The number of benzene rings is 1. The Hall–Kier alpha value is -2.41. The van der Waals surface area contributed by atoms with Crippen LogP contribution < -0.4 is 5.48 Å². The first-order chi connectivity index (χ1) is 11.1. The zero-order chi connectivity index (χ0) is 18.4. The van der Waals surface area contributed by atoms with Crippen LogP contribution >= 0.6 is 0 Å². The second kappa shape index (κ2) is 7.92. The fourth-order valence-electron chi connectivity index (χ4n) is 1.83. The highest BCUT2D eigenvalue weighted by molar-refractivity contribution is 5.90. The number of carbonyl (C=O) groups excluding carboxylic acids is 3. The van der Waals surface area contributed by atoms with E-state index in [1.807, 2.05) is 0 Å². The Bertz CT molecular complexity index is 593. The summed E-state index contributed by atoms with van der Waals surface area (Å²) in [6.45, 7) is 6.52. The lowest BCUT2D eigenvalue weighted by atomic mass is 9.99. The topological polar surface area (TPSA) is 90.9 Å². The predicted molar refractivity (Wildman–Crippen MR) is 85.9 cm³/mol. The number of methoxy groups -OCH3 is 1. The molecule has 0 saturated heterocycles. The van der Waals surface area contributed by atoms with E-state index in [0.29, 0.717) is 5.56 Å². The third kappa shape index (κ3) is 6.00. The fraction of sp³-hybridized carbons (Fsp3) is 0.471. The van der Waals surface area contributed by atoms with Crippen LogP contribution in [-0.2, 0) is 23.9 Å². The van der Waals surface area contributed by atoms with Crippen molar-refractivity contribution in [1.82, 2.24) is 5.48 Å². The molecule has 0 amide bonds. The molecular weight excluding hydrogens is 314 g/mol. The van der Waals surface area contributed by atoms with Gasteiger partial charge in [-0.3, -0.25) is 4.79 Å². The number of esters is 2. The van der Waals surface area contributed by atoms with Crippen molar-refractivity contribution < 1.29 is 28.7 Å². The zero-order valence-electron chi connectivity index (χ0n) is 14.5. The Labute approximate surface area is 141 Å². The van der Waals surface area contributed by atoms with Gasteiger partial charge in [0.1, 0.15) is 5.60 Å². The summed E-state index contributed by atoms with van der Waals surface area (Å²) < 4.78 is 9.88. The number of carbonyl (C=O) groups is 3. The molecule has 0 heterocycles. The molecule has 0 fully saturated rings. The Morgan fingerprint density at radius 3 is 2.12 bits per heavy atom. The minimum Gasteiger partial charge on any atom is -0.468 e. The van der Waals surface area contributed by atoms with Crippen molar-refractivity contribution in [2.45, 2.75) is 45.3 Å². The third-order valence-electron chi connectivity index (χ3n) is 2.93. The zero-order valence-corrected chi connectivity index (χ0v) is 14.5. The molecule has 1 aromatic carbocycles. The Balaban J connectivity index is 2.79. The first kappa shape index (κ1) is 19.6. The van der Waals surface area contributed by atoms with Gasteiger partial charge in [-0.25, -0.2) is 9.59 Å². The first-order valence-electron chi connectivity index (χ1n) is 7.41. The van der Waals surface area contributed by atoms with E-state index in [1.165, 1.54) is 14.0 Å². The minimum atomic E-state index is -1.57. The smallest absolute Gasteiger partial charge is 0.356 e. The van der Waals surface area contributed by atoms with Crippen molar-refractivity contribution in [2.24, 2.45) is 0 Å². The lowest BCUT2D eigenvalue weighted by Crippen LogP contribution is -2.52. The van der Waals surface area contributed by atoms with E-state index in [2.05, 4.69) is 10.2 Å². The van der Waals surface area contributed by atoms with E-state index in [-0.39, 0.29) is 6.42 Å². The second-order valence-electron chi connectivity index (χ2n) is 6.44. The minimum absolute atomic E-state index is 0.300. The van der Waals surface area contributed by atoms with Gasteiger partial charge >= 0.3 is 17.9 Å². The summed E-state index contributed by atoms with van der Waals surface area (Å²) >= 11 is 0. The summed E-state index contributed by atoms with van der Waals surface area (Å²) in [5, 5.41) is 0. The van der Waals surface area contributed by atoms with Crippen LogP contribution in [0.15, 0.2) is 30.3 Å². The van der Waals surface area contributed by atoms with Gasteiger partial charge < -0.3 is 14.3 Å². The molecule has 0 aromatic heterocycles. The summed E-state index contributed by atoms with van der Waals surface area (Å²) in [5.41, 5.74) is 0.370. The van der Waals surface area contributed by atoms with Gasteiger partial charge in [-0.05, 0) is 39.8 Å². The molecule has 0 spiro atoms. The maximum atomic E-state index is 12.0. The quantitative estimate of drug-likeness (QED) is 0.482. The summed E-state index contributed by atoms with van der Waals surface area (Å²) in [6, 6.07) is 8.24. The monoisotopic (exact) mass is 337 g/mol. The van der Waals surface area contributed by atoms with Crippen LogP contribution in [0.3, 0.4) is 0 Å². The van der Waals surface area contributed by atoms with Crippen molar-refractivity contribution in [3.8, 4) is 0 Å². The van der Waals surface area contributed by atoms with Gasteiger partial charge in [0.25, 0.3) is 0 Å². The predicted octanol–water partition coefficient (Wildman–Crippen LogP) is 2.01. The molecule has 0 radical (unpaired) electrons. The fourth-order valence-corrected chi connectivity index (χ4v) is 1.83. The second-order valence-corrected chi connectivity index (χ2v) is 6.44. The first-order valence-corrected chi connectivity index (χ1v) is 7.41. The van der Waals surface area contributed by atoms with Crippen LogP contribution in [0.2, 0.25) is 0 Å². The summed E-state index contributed by atoms with van der Waals surface area (Å²) in [4.78, 5) is 40.9. The van der Waals surface area contributed by atoms with Crippen molar-refractivity contribution in [1.29, 1.82) is 0 Å². The van der Waals surface area contributed by atoms with Crippen LogP contribution in [-0.4, -0.2) is 36.2 Å². The van der Waals surface area contributed by atoms with Crippen LogP contribution in [0.4, 0.5) is 0 Å². The van der Waals surface area contributed by atoms with Crippen molar-refractivity contribution in [3.05, 3.63) is 35.9 Å². The Kier molecular flexibility index (Phi) is 6.48. The standard InChI is InChI=1S/C17H23NO6/c1-16(2,3)23-13(19)11-17(4,15(21)22-5)18-24-14(20)12-9-7-6-8-10-12/h6-10,18H,11H2,1-5H3/t17-/m0/s1. The number of hydroxylamine groups is 1. The van der Waals surface area contributed by atoms with Crippen molar-refractivity contribution in [2.75, 3.05) is 7.11 Å². The highest BCUT2D eigenvalue weighted by Gasteiger charge is 2.40. The number of ether oxygens (including phenoxy) is 2. The SMILES string of the molecule is COC(=O)[C@](C)(CC(=O)OC(C)(C)C)NOC(=O)c1ccccc1. The average Bonchev–Trinajstić information content (AvgIpc) is 2.50. The third-order valence-corrected chi connectivity index (χ3v) is 2.93. The summed E-state index contributed by atoms with van der Waals surface area (Å²) in [5.74, 6) is -2.07. The van der Waals surface area contributed by atoms with Crippen molar-refractivity contribution in [3.63, 3.8) is 0 Å². The molecule has 0 bridgehead atoms. The van der Waals surface area contributed by atoms with Gasteiger partial charge in [0.2, 0.25) is 0 Å². The molecule has 0 unspecified atom stereocenters. The Morgan fingerprint density at radius 1 is 1.04 bits per heavy atom. The molecule has 1 rings (SSSR count). The normalized spacial score (nSPS) is 13.5. The van der Waals surface area contributed by atoms with Gasteiger partial charge in [-0.15, -0.1) is 5.48 Å². The molecular formula is C17H23NO6. The maximum absolute atomic E-state index is 12.0. The van der Waals surface area contributed by atoms with E-state index in [4.69, 9.17) is 9.57 Å². The number of hydrogen-bond acceptors (Lipinski definition) is 7. The molecule has 1 N–H and O–H groups in total. The summed E-state index contributed by atoms with van der Waals surface area (Å²) in [6.07, 6.45) is -0.362. The molecule has 24 heavy (non-hydrogen) atoms. The number of hydrogen-bond donors (Lipinski definition) is 1. The van der Waals surface area contributed by atoms with Gasteiger partial charge in [-0.1, -0.05) is 18.2 Å². The molecule has 132 valence electrons. The maximum Gasteiger partial charge on any atom is 0.356 e. The van der Waals surface area contributed by atoms with E-state index in [1.54, 1.807) is 51.1 Å². The van der Waals surface area contributed by atoms with Crippen LogP contribution in [0.1, 0.15) is 44.5 Å². The molecule has 0 aliphatic rings. The van der Waals surface area contributed by atoms with Gasteiger partial charge in [-0.2, -0.15) is 0 Å². The summed E-state index contributed by atoms with van der Waals surface area (Å²) in [7, 11) is 1.18. The van der Waals surface area contributed by atoms with E-state index >= 15 is 0 Å². The van der Waals surface area contributed by atoms with Crippen LogP contribution in [0.25, 0.3) is 0 Å². The highest BCUT2D eigenvalue weighted by Crippen LogP contribution is 2.17. The molecule has 0 aliphatic heterocycles. The van der Waals surface area contributed by atoms with Gasteiger partial charge in [0, 0.05) is 0 Å². The molecule has 7 nitrogen and oxygen atoms in total. The Morgan fingerprint density at radius 2 is 1.62 bits per heavy atom. The highest BCUT2D eigenvalue weighted by atomic mass is 16.7. The van der Waals surface area contributed by atoms with Gasteiger partial charge in [0.15, 0.2) is 5.54 Å². The van der Waals surface area contributed by atoms with Crippen LogP contribution in [0.5, 0.6) is 0 Å².